The van der Waals surface area contributed by atoms with Crippen LogP contribution in [0, 0.1) is 6.92 Å². The van der Waals surface area contributed by atoms with Gasteiger partial charge in [-0.1, -0.05) is 38.1 Å². The Morgan fingerprint density at radius 2 is 1.88 bits per heavy atom. The van der Waals surface area contributed by atoms with Crippen molar-refractivity contribution >= 4 is 11.8 Å². The van der Waals surface area contributed by atoms with Gasteiger partial charge in [0.15, 0.2) is 0 Å². The Hall–Kier alpha value is -0.470. The summed E-state index contributed by atoms with van der Waals surface area (Å²) in [6.07, 6.45) is 2.47. The van der Waals surface area contributed by atoms with E-state index in [4.69, 9.17) is 0 Å². The molecule has 0 saturated carbocycles. The van der Waals surface area contributed by atoms with Gasteiger partial charge in [0, 0.05) is 24.1 Å². The van der Waals surface area contributed by atoms with Crippen molar-refractivity contribution in [1.29, 1.82) is 0 Å². The van der Waals surface area contributed by atoms with E-state index in [-0.39, 0.29) is 0 Å². The molecule has 0 heterocycles. The maximum absolute atomic E-state index is 3.60. The van der Waals surface area contributed by atoms with Crippen LogP contribution in [0.4, 0.5) is 0 Å². The van der Waals surface area contributed by atoms with Crippen LogP contribution in [0.3, 0.4) is 0 Å². The molecule has 0 radical (unpaired) electrons. The summed E-state index contributed by atoms with van der Waals surface area (Å²) in [5.41, 5.74) is 2.88. The average molecular weight is 251 g/mol. The van der Waals surface area contributed by atoms with E-state index < -0.39 is 0 Å². The molecular formula is C15H25NS. The fourth-order valence-corrected chi connectivity index (χ4v) is 2.82. The smallest absolute Gasteiger partial charge is 0.0187 e. The fourth-order valence-electron chi connectivity index (χ4n) is 1.87. The summed E-state index contributed by atoms with van der Waals surface area (Å²) in [6.45, 7) is 7.82. The van der Waals surface area contributed by atoms with Crippen molar-refractivity contribution < 1.29 is 0 Å². The minimum Gasteiger partial charge on any atom is -0.313 e. The molecule has 96 valence electrons. The average Bonchev–Trinajstić information content (AvgIpc) is 2.36. The van der Waals surface area contributed by atoms with Gasteiger partial charge in [0.2, 0.25) is 0 Å². The van der Waals surface area contributed by atoms with E-state index in [2.05, 4.69) is 50.4 Å². The molecule has 0 aliphatic heterocycles. The summed E-state index contributed by atoms with van der Waals surface area (Å²) in [4.78, 5) is 0. The van der Waals surface area contributed by atoms with E-state index in [0.29, 0.717) is 6.04 Å². The summed E-state index contributed by atoms with van der Waals surface area (Å²) in [5, 5.41) is 3.60. The molecule has 0 spiro atoms. The molecule has 1 N–H and O–H groups in total. The van der Waals surface area contributed by atoms with Crippen molar-refractivity contribution in [1.82, 2.24) is 5.32 Å². The molecule has 17 heavy (non-hydrogen) atoms. The van der Waals surface area contributed by atoms with E-state index >= 15 is 0 Å². The molecule has 2 heteroatoms. The first kappa shape index (κ1) is 14.6. The van der Waals surface area contributed by atoms with Crippen molar-refractivity contribution in [2.24, 2.45) is 0 Å². The lowest BCUT2D eigenvalue weighted by molar-refractivity contribution is 0.501. The lowest BCUT2D eigenvalue weighted by atomic mass is 10.1. The zero-order chi connectivity index (χ0) is 12.5. The third kappa shape index (κ3) is 5.60. The van der Waals surface area contributed by atoms with Crippen molar-refractivity contribution in [3.05, 3.63) is 35.4 Å². The number of benzene rings is 1. The van der Waals surface area contributed by atoms with Gasteiger partial charge in [0.05, 0.1) is 0 Å². The topological polar surface area (TPSA) is 12.0 Å². The molecule has 0 aromatic heterocycles. The zero-order valence-electron chi connectivity index (χ0n) is 11.3. The lowest BCUT2D eigenvalue weighted by Crippen LogP contribution is -2.29. The van der Waals surface area contributed by atoms with Gasteiger partial charge in [-0.15, -0.1) is 0 Å². The number of rotatable bonds is 8. The summed E-state index contributed by atoms with van der Waals surface area (Å²) >= 11 is 2.02. The van der Waals surface area contributed by atoms with Crippen molar-refractivity contribution in [3.63, 3.8) is 0 Å². The summed E-state index contributed by atoms with van der Waals surface area (Å²) in [7, 11) is 0. The Balaban J connectivity index is 2.14. The molecule has 0 fully saturated rings. The Morgan fingerprint density at radius 3 is 2.53 bits per heavy atom. The third-order valence-electron chi connectivity index (χ3n) is 3.18. The Labute approximate surface area is 110 Å². The van der Waals surface area contributed by atoms with Crippen LogP contribution < -0.4 is 5.32 Å². The predicted octanol–water partition coefficient (Wildman–Crippen LogP) is 4.01. The zero-order valence-corrected chi connectivity index (χ0v) is 12.1. The van der Waals surface area contributed by atoms with Gasteiger partial charge in [-0.2, -0.15) is 11.8 Å². The van der Waals surface area contributed by atoms with Gasteiger partial charge < -0.3 is 5.32 Å². The van der Waals surface area contributed by atoms with Gasteiger partial charge in [-0.25, -0.2) is 0 Å². The van der Waals surface area contributed by atoms with Crippen molar-refractivity contribution in [3.8, 4) is 0 Å². The summed E-state index contributed by atoms with van der Waals surface area (Å²) < 4.78 is 0. The van der Waals surface area contributed by atoms with E-state index in [1.54, 1.807) is 0 Å². The van der Waals surface area contributed by atoms with Crippen LogP contribution in [0.2, 0.25) is 0 Å². The highest BCUT2D eigenvalue weighted by molar-refractivity contribution is 7.98. The lowest BCUT2D eigenvalue weighted by Gasteiger charge is -2.14. The van der Waals surface area contributed by atoms with Gasteiger partial charge in [-0.05, 0) is 30.9 Å². The Bertz CT molecular complexity index is 308. The summed E-state index contributed by atoms with van der Waals surface area (Å²) in [5.74, 6) is 2.34. The highest BCUT2D eigenvalue weighted by Gasteiger charge is 2.01. The second kappa shape index (κ2) is 8.60. The van der Waals surface area contributed by atoms with Gasteiger partial charge in [0.25, 0.3) is 0 Å². The highest BCUT2D eigenvalue weighted by atomic mass is 32.2. The summed E-state index contributed by atoms with van der Waals surface area (Å²) in [6, 6.07) is 9.37. The van der Waals surface area contributed by atoms with Gasteiger partial charge in [-0.3, -0.25) is 0 Å². The Morgan fingerprint density at radius 1 is 1.18 bits per heavy atom. The molecule has 1 aromatic carbocycles. The number of hydrogen-bond donors (Lipinski definition) is 1. The first-order chi connectivity index (χ1) is 8.27. The molecule has 0 aliphatic carbocycles. The molecule has 0 unspecified atom stereocenters. The van der Waals surface area contributed by atoms with E-state index in [1.165, 1.54) is 29.7 Å². The van der Waals surface area contributed by atoms with Crippen molar-refractivity contribution in [2.45, 2.75) is 45.4 Å². The standard InChI is InChI=1S/C15H25NS/c1-4-15(5-2)16-10-11-17-12-14-9-7-6-8-13(14)3/h6-9,15-16H,4-5,10-12H2,1-3H3. The van der Waals surface area contributed by atoms with Gasteiger partial charge >= 0.3 is 0 Å². The van der Waals surface area contributed by atoms with E-state index in [1.807, 2.05) is 11.8 Å². The molecule has 1 aromatic rings. The minimum atomic E-state index is 0.703. The largest absolute Gasteiger partial charge is 0.313 e. The maximum Gasteiger partial charge on any atom is 0.0187 e. The van der Waals surface area contributed by atoms with Crippen LogP contribution >= 0.6 is 11.8 Å². The second-order valence-electron chi connectivity index (χ2n) is 4.45. The molecule has 1 rings (SSSR count). The molecule has 1 nitrogen and oxygen atoms in total. The molecule has 0 aliphatic rings. The SMILES string of the molecule is CCC(CC)NCCSCc1ccccc1C. The quantitative estimate of drug-likeness (QED) is 0.701. The first-order valence-electron chi connectivity index (χ1n) is 6.63. The normalized spacial score (nSPS) is 11.1. The highest BCUT2D eigenvalue weighted by Crippen LogP contribution is 2.15. The van der Waals surface area contributed by atoms with Crippen LogP contribution in [0.25, 0.3) is 0 Å². The van der Waals surface area contributed by atoms with Crippen molar-refractivity contribution in [2.75, 3.05) is 12.3 Å². The first-order valence-corrected chi connectivity index (χ1v) is 7.79. The second-order valence-corrected chi connectivity index (χ2v) is 5.55. The van der Waals surface area contributed by atoms with Crippen LogP contribution in [-0.4, -0.2) is 18.3 Å². The third-order valence-corrected chi connectivity index (χ3v) is 4.19. The van der Waals surface area contributed by atoms with Crippen LogP contribution in [0.1, 0.15) is 37.8 Å². The van der Waals surface area contributed by atoms with Crippen LogP contribution in [0.15, 0.2) is 24.3 Å². The van der Waals surface area contributed by atoms with Crippen LogP contribution in [-0.2, 0) is 5.75 Å². The minimum absolute atomic E-state index is 0.703. The molecule has 0 amide bonds. The van der Waals surface area contributed by atoms with E-state index in [9.17, 15) is 0 Å². The number of thioether (sulfide) groups is 1. The number of aryl methyl sites for hydroxylation is 1. The molecule has 0 atom stereocenters. The number of nitrogens with one attached hydrogen (secondary N) is 1. The molecule has 0 bridgehead atoms. The van der Waals surface area contributed by atoms with E-state index in [0.717, 1.165) is 12.3 Å². The Kier molecular flexibility index (Phi) is 7.38. The predicted molar refractivity (Wildman–Crippen MR) is 79.7 cm³/mol. The number of hydrogen-bond acceptors (Lipinski definition) is 2. The van der Waals surface area contributed by atoms with Crippen LogP contribution in [0.5, 0.6) is 0 Å². The monoisotopic (exact) mass is 251 g/mol. The van der Waals surface area contributed by atoms with Gasteiger partial charge in [0.1, 0.15) is 0 Å². The molecular weight excluding hydrogens is 226 g/mol. The fraction of sp³-hybridized carbons (Fsp3) is 0.600. The molecule has 0 saturated heterocycles. The maximum atomic E-state index is 3.60.